The summed E-state index contributed by atoms with van der Waals surface area (Å²) in [5.74, 6) is 0.384. The van der Waals surface area contributed by atoms with Crippen molar-refractivity contribution in [2.45, 2.75) is 44.7 Å². The first-order chi connectivity index (χ1) is 7.34. The molecule has 4 nitrogen and oxygen atoms in total. The zero-order chi connectivity index (χ0) is 12.3. The molecule has 1 saturated carbocycles. The van der Waals surface area contributed by atoms with Crippen LogP contribution in [-0.4, -0.2) is 43.0 Å². The fourth-order valence-electron chi connectivity index (χ4n) is 1.77. The van der Waals surface area contributed by atoms with Crippen LogP contribution in [0.3, 0.4) is 0 Å². The van der Waals surface area contributed by atoms with Gasteiger partial charge in [-0.15, -0.1) is 0 Å². The van der Waals surface area contributed by atoms with Crippen LogP contribution in [0.4, 0.5) is 0 Å². The summed E-state index contributed by atoms with van der Waals surface area (Å²) in [4.78, 5) is 14.1. The fourth-order valence-corrected chi connectivity index (χ4v) is 1.77. The van der Waals surface area contributed by atoms with Crippen molar-refractivity contribution in [3.63, 3.8) is 0 Å². The minimum atomic E-state index is -0.674. The van der Waals surface area contributed by atoms with E-state index in [9.17, 15) is 4.79 Å². The molecule has 0 aromatic rings. The number of carbonyl (C=O) groups is 1. The van der Waals surface area contributed by atoms with E-state index < -0.39 is 5.54 Å². The number of nitrogens with one attached hydrogen (secondary N) is 1. The van der Waals surface area contributed by atoms with Gasteiger partial charge in [-0.3, -0.25) is 4.79 Å². The first kappa shape index (κ1) is 13.5. The third-order valence-electron chi connectivity index (χ3n) is 3.30. The van der Waals surface area contributed by atoms with Crippen molar-refractivity contribution in [2.24, 2.45) is 11.7 Å². The van der Waals surface area contributed by atoms with Crippen molar-refractivity contribution in [1.82, 2.24) is 10.2 Å². The second-order valence-electron chi connectivity index (χ2n) is 5.52. The Morgan fingerprint density at radius 3 is 2.56 bits per heavy atom. The first-order valence-corrected chi connectivity index (χ1v) is 6.08. The zero-order valence-electron chi connectivity index (χ0n) is 10.9. The lowest BCUT2D eigenvalue weighted by Gasteiger charge is -2.26. The Bertz CT molecular complexity index is 247. The lowest BCUT2D eigenvalue weighted by Crippen LogP contribution is -2.55. The number of nitrogens with two attached hydrogens (primary N) is 1. The van der Waals surface area contributed by atoms with Crippen molar-refractivity contribution < 1.29 is 4.79 Å². The van der Waals surface area contributed by atoms with Gasteiger partial charge in [0.1, 0.15) is 0 Å². The molecule has 0 spiro atoms. The molecule has 1 fully saturated rings. The van der Waals surface area contributed by atoms with Crippen molar-refractivity contribution >= 4 is 5.91 Å². The topological polar surface area (TPSA) is 58.4 Å². The average molecular weight is 227 g/mol. The molecule has 16 heavy (non-hydrogen) atoms. The maximum absolute atomic E-state index is 12.0. The van der Waals surface area contributed by atoms with Crippen molar-refractivity contribution in [3.05, 3.63) is 0 Å². The van der Waals surface area contributed by atoms with E-state index >= 15 is 0 Å². The van der Waals surface area contributed by atoms with Crippen molar-refractivity contribution in [2.75, 3.05) is 20.6 Å². The molecule has 0 aliphatic heterocycles. The van der Waals surface area contributed by atoms with Crippen LogP contribution in [0.15, 0.2) is 0 Å². The Morgan fingerprint density at radius 1 is 1.56 bits per heavy atom. The molecule has 94 valence electrons. The summed E-state index contributed by atoms with van der Waals surface area (Å²) < 4.78 is 0. The Hall–Kier alpha value is -0.610. The van der Waals surface area contributed by atoms with Gasteiger partial charge in [0, 0.05) is 6.04 Å². The van der Waals surface area contributed by atoms with Crippen molar-refractivity contribution in [3.8, 4) is 0 Å². The molecule has 1 rings (SSSR count). The van der Waals surface area contributed by atoms with Gasteiger partial charge in [0.25, 0.3) is 0 Å². The van der Waals surface area contributed by atoms with Gasteiger partial charge in [0.2, 0.25) is 5.91 Å². The van der Waals surface area contributed by atoms with Crippen LogP contribution >= 0.6 is 0 Å². The second kappa shape index (κ2) is 5.15. The lowest BCUT2D eigenvalue weighted by atomic mass is 9.95. The van der Waals surface area contributed by atoms with Crippen LogP contribution in [0.5, 0.6) is 0 Å². The summed E-state index contributed by atoms with van der Waals surface area (Å²) in [7, 11) is 4.07. The van der Waals surface area contributed by atoms with Gasteiger partial charge in [0.15, 0.2) is 0 Å². The molecule has 0 saturated heterocycles. The number of rotatable bonds is 6. The average Bonchev–Trinajstić information content (AvgIpc) is 2.97. The molecule has 0 heterocycles. The number of hydrogen-bond acceptors (Lipinski definition) is 3. The van der Waals surface area contributed by atoms with Gasteiger partial charge in [-0.05, 0) is 59.7 Å². The van der Waals surface area contributed by atoms with Crippen molar-refractivity contribution in [1.29, 1.82) is 0 Å². The smallest absolute Gasteiger partial charge is 0.240 e. The maximum atomic E-state index is 12.0. The maximum Gasteiger partial charge on any atom is 0.240 e. The third kappa shape index (κ3) is 3.76. The summed E-state index contributed by atoms with van der Waals surface area (Å²) in [5.41, 5.74) is 5.37. The first-order valence-electron chi connectivity index (χ1n) is 6.08. The number of nitrogens with zero attached hydrogens (tertiary/aromatic N) is 1. The minimum Gasteiger partial charge on any atom is -0.352 e. The Labute approximate surface area is 98.6 Å². The fraction of sp³-hybridized carbons (Fsp3) is 0.917. The molecular formula is C12H25N3O. The third-order valence-corrected chi connectivity index (χ3v) is 3.30. The lowest BCUT2D eigenvalue weighted by molar-refractivity contribution is -0.127. The minimum absolute atomic E-state index is 0.00116. The highest BCUT2D eigenvalue weighted by Gasteiger charge is 2.44. The molecule has 1 amide bonds. The van der Waals surface area contributed by atoms with Crippen LogP contribution in [-0.2, 0) is 4.79 Å². The molecule has 4 heteroatoms. The Balaban J connectivity index is 2.32. The highest BCUT2D eigenvalue weighted by molar-refractivity contribution is 5.86. The van der Waals surface area contributed by atoms with Gasteiger partial charge >= 0.3 is 0 Å². The Kier molecular flexibility index (Phi) is 4.33. The molecule has 1 aliphatic carbocycles. The van der Waals surface area contributed by atoms with Gasteiger partial charge in [-0.1, -0.05) is 0 Å². The highest BCUT2D eigenvalue weighted by Crippen LogP contribution is 2.38. The van der Waals surface area contributed by atoms with E-state index in [-0.39, 0.29) is 11.9 Å². The van der Waals surface area contributed by atoms with E-state index in [4.69, 9.17) is 5.73 Å². The van der Waals surface area contributed by atoms with E-state index in [2.05, 4.69) is 10.2 Å². The van der Waals surface area contributed by atoms with Crippen LogP contribution < -0.4 is 11.1 Å². The van der Waals surface area contributed by atoms with E-state index in [1.54, 1.807) is 0 Å². The molecule has 0 radical (unpaired) electrons. The standard InChI is InChI=1S/C12H25N3O/c1-9(7-8-15(3)4)14-11(16)12(2,13)10-5-6-10/h9-10H,5-8,13H2,1-4H3,(H,14,16). The summed E-state index contributed by atoms with van der Waals surface area (Å²) in [6.07, 6.45) is 3.14. The highest BCUT2D eigenvalue weighted by atomic mass is 16.2. The largest absolute Gasteiger partial charge is 0.352 e. The summed E-state index contributed by atoms with van der Waals surface area (Å²) in [6.45, 7) is 4.86. The molecule has 0 bridgehead atoms. The van der Waals surface area contributed by atoms with Crippen LogP contribution in [0.2, 0.25) is 0 Å². The Morgan fingerprint density at radius 2 is 2.12 bits per heavy atom. The van der Waals surface area contributed by atoms with Crippen LogP contribution in [0, 0.1) is 5.92 Å². The van der Waals surface area contributed by atoms with Crippen LogP contribution in [0.25, 0.3) is 0 Å². The predicted octanol–water partition coefficient (Wildman–Crippen LogP) is 0.570. The number of hydrogen-bond donors (Lipinski definition) is 2. The SMILES string of the molecule is CC(CCN(C)C)NC(=O)C(C)(N)C1CC1. The van der Waals surface area contributed by atoms with Gasteiger partial charge in [-0.25, -0.2) is 0 Å². The number of carbonyl (C=O) groups excluding carboxylic acids is 1. The summed E-state index contributed by atoms with van der Waals surface area (Å²) >= 11 is 0. The van der Waals surface area contributed by atoms with Gasteiger partial charge in [0.05, 0.1) is 5.54 Å². The van der Waals surface area contributed by atoms with Gasteiger partial charge < -0.3 is 16.0 Å². The molecule has 0 aromatic carbocycles. The number of amides is 1. The van der Waals surface area contributed by atoms with E-state index in [0.29, 0.717) is 5.92 Å². The second-order valence-corrected chi connectivity index (χ2v) is 5.52. The molecule has 2 atom stereocenters. The van der Waals surface area contributed by atoms with Crippen LogP contribution in [0.1, 0.15) is 33.1 Å². The quantitative estimate of drug-likeness (QED) is 0.697. The molecule has 0 aromatic heterocycles. The summed E-state index contributed by atoms with van der Waals surface area (Å²) in [6, 6.07) is 0.191. The van der Waals surface area contributed by atoms with E-state index in [0.717, 1.165) is 25.8 Å². The van der Waals surface area contributed by atoms with E-state index in [1.807, 2.05) is 27.9 Å². The molecule has 2 unspecified atom stereocenters. The monoisotopic (exact) mass is 227 g/mol. The van der Waals surface area contributed by atoms with Gasteiger partial charge in [-0.2, -0.15) is 0 Å². The normalized spacial score (nSPS) is 21.6. The molecular weight excluding hydrogens is 202 g/mol. The zero-order valence-corrected chi connectivity index (χ0v) is 10.9. The summed E-state index contributed by atoms with van der Waals surface area (Å²) in [5, 5.41) is 3.01. The molecule has 1 aliphatic rings. The molecule has 3 N–H and O–H groups in total. The van der Waals surface area contributed by atoms with E-state index in [1.165, 1.54) is 0 Å². The predicted molar refractivity (Wildman–Crippen MR) is 66.1 cm³/mol.